The Balaban J connectivity index is 1.88. The predicted octanol–water partition coefficient (Wildman–Crippen LogP) is 4.53. The Morgan fingerprint density at radius 1 is 1.18 bits per heavy atom. The van der Waals surface area contributed by atoms with Crippen molar-refractivity contribution in [1.82, 2.24) is 0 Å². The lowest BCUT2D eigenvalue weighted by atomic mass is 9.97. The van der Waals surface area contributed by atoms with E-state index in [0.717, 1.165) is 37.2 Å². The monoisotopic (exact) mass is 487 g/mol. The normalized spacial score (nSPS) is 27.9. The zero-order valence-corrected chi connectivity index (χ0v) is 20.1. The predicted molar refractivity (Wildman–Crippen MR) is 127 cm³/mol. The lowest BCUT2D eigenvalue weighted by Crippen LogP contribution is -2.32. The van der Waals surface area contributed by atoms with Crippen molar-refractivity contribution < 1.29 is 14.4 Å². The van der Waals surface area contributed by atoms with E-state index in [1.165, 1.54) is 35.7 Å². The first-order valence-corrected chi connectivity index (χ1v) is 12.9. The van der Waals surface area contributed by atoms with Crippen molar-refractivity contribution in [3.63, 3.8) is 0 Å². The number of benzene rings is 1. The molecule has 3 atom stereocenters. The van der Waals surface area contributed by atoms with E-state index in [1.807, 2.05) is 0 Å². The van der Waals surface area contributed by atoms with Gasteiger partial charge < -0.3 is 15.2 Å². The first-order chi connectivity index (χ1) is 15.9. The van der Waals surface area contributed by atoms with Crippen LogP contribution in [0.1, 0.15) is 51.0 Å². The van der Waals surface area contributed by atoms with Gasteiger partial charge in [-0.2, -0.15) is 10.5 Å². The van der Waals surface area contributed by atoms with Gasteiger partial charge in [-0.05, 0) is 30.4 Å². The molecule has 1 saturated carbocycles. The molecule has 1 fully saturated rings. The number of fused-ring (bicyclic) bond motifs is 2. The van der Waals surface area contributed by atoms with Crippen LogP contribution in [0.3, 0.4) is 0 Å². The number of unbranched alkanes of at least 4 members (excludes halogenated alkanes) is 2. The molecule has 0 spiro atoms. The summed E-state index contributed by atoms with van der Waals surface area (Å²) in [5, 5.41) is 33.0. The summed E-state index contributed by atoms with van der Waals surface area (Å²) in [5.74, 6) is 1.41. The highest BCUT2D eigenvalue weighted by atomic mass is 32.2. The van der Waals surface area contributed by atoms with Crippen LogP contribution in [0, 0.1) is 43.6 Å². The Morgan fingerprint density at radius 3 is 2.30 bits per heavy atom. The van der Waals surface area contributed by atoms with Crippen LogP contribution < -0.4 is 15.2 Å². The molecule has 0 aromatic heterocycles. The number of nitro groups is 1. The van der Waals surface area contributed by atoms with E-state index < -0.39 is 25.9 Å². The number of hydrogen-bond donors (Lipinski definition) is 1. The summed E-state index contributed by atoms with van der Waals surface area (Å²) < 4.78 is 9.77. The molecule has 1 aromatic rings. The van der Waals surface area contributed by atoms with Crippen molar-refractivity contribution in [2.45, 2.75) is 49.7 Å². The summed E-state index contributed by atoms with van der Waals surface area (Å²) in [6, 6.07) is 7.53. The fourth-order valence-corrected chi connectivity index (χ4v) is 8.55. The number of aliphatic imine (C=N–C) groups is 1. The summed E-state index contributed by atoms with van der Waals surface area (Å²) in [6.45, 7) is 4.12. The van der Waals surface area contributed by atoms with Crippen LogP contribution in [0.2, 0.25) is 0 Å². The SMILES string of the molecule is CCCCSC1(SCCCC)N=C(N)C2(C#N)C(c3cc4c(cc3[N+](=O)[O-])OCO4)C12C#N. The molecule has 0 saturated heterocycles. The molecule has 3 aliphatic rings. The lowest BCUT2D eigenvalue weighted by molar-refractivity contribution is -0.385. The molecule has 0 radical (unpaired) electrons. The maximum atomic E-state index is 12.0. The number of ether oxygens (including phenoxy) is 2. The average Bonchev–Trinajstić information content (AvgIpc) is 3.04. The Kier molecular flexibility index (Phi) is 6.14. The Bertz CT molecular complexity index is 1090. The van der Waals surface area contributed by atoms with E-state index in [0.29, 0.717) is 5.75 Å². The molecular formula is C22H25N5O4S2. The van der Waals surface area contributed by atoms with Crippen molar-refractivity contribution >= 4 is 35.0 Å². The number of amidine groups is 1. The third-order valence-corrected chi connectivity index (χ3v) is 9.85. The molecule has 2 aliphatic heterocycles. The second-order valence-electron chi connectivity index (χ2n) is 8.28. The fourth-order valence-electron chi connectivity index (χ4n) is 4.87. The minimum atomic E-state index is -1.43. The molecule has 1 aromatic carbocycles. The van der Waals surface area contributed by atoms with Crippen LogP contribution in [0.4, 0.5) is 5.69 Å². The highest BCUT2D eigenvalue weighted by Gasteiger charge is 2.92. The number of nitriles is 2. The lowest BCUT2D eigenvalue weighted by Gasteiger charge is -2.32. The molecule has 1 aliphatic carbocycles. The zero-order chi connectivity index (χ0) is 23.9. The number of nitrogens with zero attached hydrogens (tertiary/aromatic N) is 4. The number of thioether (sulfide) groups is 2. The smallest absolute Gasteiger partial charge is 0.276 e. The second-order valence-corrected chi connectivity index (χ2v) is 11.1. The number of rotatable bonds is 10. The summed E-state index contributed by atoms with van der Waals surface area (Å²) in [7, 11) is 0. The van der Waals surface area contributed by atoms with Crippen molar-refractivity contribution in [1.29, 1.82) is 10.5 Å². The van der Waals surface area contributed by atoms with Gasteiger partial charge in [0.05, 0.1) is 23.1 Å². The number of hydrogen-bond acceptors (Lipinski definition) is 10. The third kappa shape index (κ3) is 3.09. The maximum Gasteiger partial charge on any atom is 0.276 e. The Hall–Kier alpha value is -2.63. The zero-order valence-electron chi connectivity index (χ0n) is 18.5. The van der Waals surface area contributed by atoms with E-state index >= 15 is 0 Å². The second kappa shape index (κ2) is 8.62. The minimum Gasteiger partial charge on any atom is -0.454 e. The van der Waals surface area contributed by atoms with E-state index in [4.69, 9.17) is 20.2 Å². The number of nitro benzene ring substituents is 1. The van der Waals surface area contributed by atoms with E-state index in [2.05, 4.69) is 26.0 Å². The van der Waals surface area contributed by atoms with Crippen LogP contribution in [0.25, 0.3) is 0 Å². The quantitative estimate of drug-likeness (QED) is 0.217. The van der Waals surface area contributed by atoms with Gasteiger partial charge >= 0.3 is 0 Å². The highest BCUT2D eigenvalue weighted by Crippen LogP contribution is 2.86. The molecule has 11 heteroatoms. The molecule has 9 nitrogen and oxygen atoms in total. The van der Waals surface area contributed by atoms with Gasteiger partial charge in [0.2, 0.25) is 6.79 Å². The average molecular weight is 488 g/mol. The molecule has 0 bridgehead atoms. The van der Waals surface area contributed by atoms with Crippen molar-refractivity contribution in [3.05, 3.63) is 27.8 Å². The van der Waals surface area contributed by atoms with Crippen molar-refractivity contribution in [2.24, 2.45) is 21.6 Å². The molecular weight excluding hydrogens is 462 g/mol. The standard InChI is InChI=1S/C22H25N5O4S2/c1-3-5-7-32-22(33-8-6-4-2)21(12-24)18(20(21,11-23)19(25)26-22)14-9-16-17(31-13-30-16)10-15(14)27(28)29/h9-10,18H,3-8,13H2,1-2H3,(H2,25,26). The van der Waals surface area contributed by atoms with Crippen LogP contribution in [0.5, 0.6) is 11.5 Å². The maximum absolute atomic E-state index is 12.0. The van der Waals surface area contributed by atoms with Crippen LogP contribution in [0.15, 0.2) is 17.1 Å². The Morgan fingerprint density at radius 2 is 1.79 bits per heavy atom. The first kappa shape index (κ1) is 23.5. The summed E-state index contributed by atoms with van der Waals surface area (Å²) in [6.07, 6.45) is 3.79. The molecule has 33 heavy (non-hydrogen) atoms. The van der Waals surface area contributed by atoms with Gasteiger partial charge in [-0.15, -0.1) is 23.5 Å². The van der Waals surface area contributed by atoms with Gasteiger partial charge in [-0.25, -0.2) is 4.99 Å². The van der Waals surface area contributed by atoms with Crippen LogP contribution in [-0.4, -0.2) is 33.3 Å². The molecule has 2 N–H and O–H groups in total. The molecule has 2 heterocycles. The van der Waals surface area contributed by atoms with Gasteiger partial charge in [0.1, 0.15) is 16.7 Å². The topological polar surface area (TPSA) is 148 Å². The third-order valence-electron chi connectivity index (χ3n) is 6.55. The van der Waals surface area contributed by atoms with Crippen LogP contribution in [-0.2, 0) is 0 Å². The Labute approximate surface area is 200 Å². The summed E-state index contributed by atoms with van der Waals surface area (Å²) >= 11 is 3.06. The van der Waals surface area contributed by atoms with Gasteiger partial charge in [-0.3, -0.25) is 10.1 Å². The van der Waals surface area contributed by atoms with Crippen LogP contribution >= 0.6 is 23.5 Å². The molecule has 0 amide bonds. The van der Waals surface area contributed by atoms with Crippen molar-refractivity contribution in [3.8, 4) is 23.6 Å². The first-order valence-electron chi connectivity index (χ1n) is 10.9. The number of nitrogens with two attached hydrogens (primary N) is 1. The van der Waals surface area contributed by atoms with Gasteiger partial charge in [0.25, 0.3) is 5.69 Å². The van der Waals surface area contributed by atoms with E-state index in [1.54, 1.807) is 0 Å². The minimum absolute atomic E-state index is 0.0410. The molecule has 174 valence electrons. The summed E-state index contributed by atoms with van der Waals surface area (Å²) in [4.78, 5) is 16.2. The molecule has 4 rings (SSSR count). The van der Waals surface area contributed by atoms with E-state index in [-0.39, 0.29) is 29.6 Å². The van der Waals surface area contributed by atoms with Gasteiger partial charge in [-0.1, -0.05) is 26.7 Å². The van der Waals surface area contributed by atoms with E-state index in [9.17, 15) is 20.6 Å². The van der Waals surface area contributed by atoms with Gasteiger partial charge in [0.15, 0.2) is 15.7 Å². The van der Waals surface area contributed by atoms with Gasteiger partial charge in [0, 0.05) is 11.5 Å². The summed E-state index contributed by atoms with van der Waals surface area (Å²) in [5.41, 5.74) is 3.70. The van der Waals surface area contributed by atoms with Crippen molar-refractivity contribution in [2.75, 3.05) is 18.3 Å². The largest absolute Gasteiger partial charge is 0.454 e. The highest BCUT2D eigenvalue weighted by molar-refractivity contribution is 8.18. The molecule has 3 unspecified atom stereocenters. The fraction of sp³-hybridized carbons (Fsp3) is 0.591.